The maximum atomic E-state index is 13.4. The highest BCUT2D eigenvalue weighted by atomic mass is 32.1. The van der Waals surface area contributed by atoms with E-state index in [-0.39, 0.29) is 17.5 Å². The zero-order valence-electron chi connectivity index (χ0n) is 18.4. The molecule has 2 N–H and O–H groups in total. The van der Waals surface area contributed by atoms with Crippen molar-refractivity contribution in [2.45, 2.75) is 45.9 Å². The molecule has 0 saturated carbocycles. The van der Waals surface area contributed by atoms with Gasteiger partial charge in [-0.3, -0.25) is 4.79 Å². The molecule has 4 rings (SSSR count). The number of fused-ring (bicyclic) bond motifs is 1. The molecule has 0 unspecified atom stereocenters. The number of halogens is 1. The Hall–Kier alpha value is -2.77. The number of nitrogens with zero attached hydrogens (tertiary/aromatic N) is 1. The van der Waals surface area contributed by atoms with E-state index in [4.69, 9.17) is 17.0 Å². The van der Waals surface area contributed by atoms with E-state index in [2.05, 4.69) is 16.4 Å². The number of H-pyrrole nitrogens is 1. The summed E-state index contributed by atoms with van der Waals surface area (Å²) in [6.45, 7) is 6.24. The lowest BCUT2D eigenvalue weighted by atomic mass is 10.0. The maximum Gasteiger partial charge on any atom is 0.253 e. The average molecular weight is 454 g/mol. The van der Waals surface area contributed by atoms with Crippen LogP contribution < -0.4 is 10.9 Å². The number of aromatic amines is 1. The fraction of sp³-hybridized carbons (Fsp3) is 0.360. The third-order valence-corrected chi connectivity index (χ3v) is 6.36. The van der Waals surface area contributed by atoms with Crippen LogP contribution in [0.15, 0.2) is 47.3 Å². The average Bonchev–Trinajstić information content (AvgIpc) is 3.30. The van der Waals surface area contributed by atoms with E-state index >= 15 is 0 Å². The van der Waals surface area contributed by atoms with Crippen LogP contribution in [0.2, 0.25) is 0 Å². The molecule has 1 saturated heterocycles. The van der Waals surface area contributed by atoms with Crippen LogP contribution in [0.3, 0.4) is 0 Å². The Morgan fingerprint density at radius 1 is 1.19 bits per heavy atom. The lowest BCUT2D eigenvalue weighted by molar-refractivity contribution is 0.113. The molecule has 7 heteroatoms. The van der Waals surface area contributed by atoms with E-state index in [9.17, 15) is 9.18 Å². The van der Waals surface area contributed by atoms with Crippen molar-refractivity contribution in [1.29, 1.82) is 0 Å². The summed E-state index contributed by atoms with van der Waals surface area (Å²) in [7, 11) is 0. The molecule has 0 bridgehead atoms. The van der Waals surface area contributed by atoms with Gasteiger partial charge in [-0.05, 0) is 73.8 Å². The van der Waals surface area contributed by atoms with Gasteiger partial charge in [0.25, 0.3) is 5.56 Å². The summed E-state index contributed by atoms with van der Waals surface area (Å²) in [5.74, 6) is -0.281. The maximum absolute atomic E-state index is 13.4. The number of rotatable bonds is 6. The third kappa shape index (κ3) is 5.16. The fourth-order valence-corrected chi connectivity index (χ4v) is 4.28. The molecule has 0 amide bonds. The number of thiocarbonyl (C=S) groups is 1. The Morgan fingerprint density at radius 3 is 2.66 bits per heavy atom. The minimum absolute atomic E-state index is 0.128. The zero-order valence-corrected chi connectivity index (χ0v) is 19.2. The number of aryl methyl sites for hydroxylation is 2. The van der Waals surface area contributed by atoms with Gasteiger partial charge in [0.2, 0.25) is 0 Å². The molecule has 0 radical (unpaired) electrons. The molecule has 2 heterocycles. The summed E-state index contributed by atoms with van der Waals surface area (Å²) in [5.41, 5.74) is 4.42. The molecular weight excluding hydrogens is 425 g/mol. The summed E-state index contributed by atoms with van der Waals surface area (Å²) in [5, 5.41) is 4.87. The fourth-order valence-electron chi connectivity index (χ4n) is 4.07. The van der Waals surface area contributed by atoms with E-state index in [1.807, 2.05) is 30.9 Å². The van der Waals surface area contributed by atoms with Crippen LogP contribution in [0, 0.1) is 19.7 Å². The third-order valence-electron chi connectivity index (χ3n) is 5.96. The van der Waals surface area contributed by atoms with Gasteiger partial charge in [0.1, 0.15) is 5.82 Å². The van der Waals surface area contributed by atoms with E-state index < -0.39 is 0 Å². The van der Waals surface area contributed by atoms with E-state index in [1.165, 1.54) is 12.1 Å². The Balaban J connectivity index is 1.60. The summed E-state index contributed by atoms with van der Waals surface area (Å²) in [4.78, 5) is 17.9. The van der Waals surface area contributed by atoms with Crippen molar-refractivity contribution in [2.75, 3.05) is 13.2 Å². The first-order valence-electron chi connectivity index (χ1n) is 10.9. The largest absolute Gasteiger partial charge is 0.376 e. The molecule has 1 fully saturated rings. The van der Waals surface area contributed by atoms with Gasteiger partial charge in [0.05, 0.1) is 18.2 Å². The first kappa shape index (κ1) is 22.4. The molecule has 3 aromatic rings. The summed E-state index contributed by atoms with van der Waals surface area (Å²) < 4.78 is 19.1. The molecule has 1 aliphatic rings. The number of nitrogens with one attached hydrogen (secondary N) is 2. The highest BCUT2D eigenvalue weighted by Gasteiger charge is 2.19. The zero-order chi connectivity index (χ0) is 22.7. The summed E-state index contributed by atoms with van der Waals surface area (Å²) in [6.07, 6.45) is 2.22. The van der Waals surface area contributed by atoms with Crippen LogP contribution in [-0.4, -0.2) is 34.3 Å². The second-order valence-electron chi connectivity index (χ2n) is 8.42. The van der Waals surface area contributed by atoms with Gasteiger partial charge >= 0.3 is 0 Å². The number of pyridine rings is 1. The Bertz CT molecular complexity index is 1170. The first-order valence-corrected chi connectivity index (χ1v) is 11.3. The normalized spacial score (nSPS) is 15.8. The van der Waals surface area contributed by atoms with Gasteiger partial charge in [-0.25, -0.2) is 4.39 Å². The van der Waals surface area contributed by atoms with Gasteiger partial charge < -0.3 is 19.9 Å². The number of hydrogen-bond acceptors (Lipinski definition) is 3. The van der Waals surface area contributed by atoms with Crippen LogP contribution in [0.25, 0.3) is 10.9 Å². The molecule has 2 aromatic carbocycles. The lowest BCUT2D eigenvalue weighted by Crippen LogP contribution is -2.42. The Kier molecular flexibility index (Phi) is 6.86. The lowest BCUT2D eigenvalue weighted by Gasteiger charge is -2.27. The van der Waals surface area contributed by atoms with Crippen molar-refractivity contribution in [3.8, 4) is 0 Å². The number of aromatic nitrogens is 1. The van der Waals surface area contributed by atoms with E-state index in [0.29, 0.717) is 30.3 Å². The van der Waals surface area contributed by atoms with Crippen molar-refractivity contribution in [1.82, 2.24) is 15.2 Å². The molecule has 0 aliphatic carbocycles. The number of ether oxygens (including phenoxy) is 1. The van der Waals surface area contributed by atoms with Gasteiger partial charge in [0.15, 0.2) is 5.11 Å². The van der Waals surface area contributed by atoms with Crippen molar-refractivity contribution in [2.24, 2.45) is 0 Å². The molecule has 168 valence electrons. The molecule has 0 spiro atoms. The number of benzene rings is 2. The van der Waals surface area contributed by atoms with Crippen LogP contribution in [-0.2, 0) is 17.8 Å². The predicted molar refractivity (Wildman–Crippen MR) is 129 cm³/mol. The van der Waals surface area contributed by atoms with Crippen LogP contribution >= 0.6 is 12.2 Å². The highest BCUT2D eigenvalue weighted by Crippen LogP contribution is 2.21. The monoisotopic (exact) mass is 453 g/mol. The Morgan fingerprint density at radius 2 is 1.94 bits per heavy atom. The van der Waals surface area contributed by atoms with Crippen molar-refractivity contribution < 1.29 is 9.13 Å². The SMILES string of the molecule is Cc1ccc(C)c2[nH]c(=O)c(CN(Cc3ccc(F)cc3)C(=S)NC[C@H]3CCCO3)cc12. The van der Waals surface area contributed by atoms with Crippen molar-refractivity contribution in [3.63, 3.8) is 0 Å². The highest BCUT2D eigenvalue weighted by molar-refractivity contribution is 7.80. The molecule has 1 atom stereocenters. The second kappa shape index (κ2) is 9.79. The Labute approximate surface area is 192 Å². The van der Waals surface area contributed by atoms with Crippen molar-refractivity contribution in [3.05, 3.63) is 80.9 Å². The van der Waals surface area contributed by atoms with Gasteiger partial charge in [-0.2, -0.15) is 0 Å². The number of hydrogen-bond donors (Lipinski definition) is 2. The smallest absolute Gasteiger partial charge is 0.253 e. The minimum atomic E-state index is -0.281. The first-order chi connectivity index (χ1) is 15.4. The van der Waals surface area contributed by atoms with Crippen LogP contribution in [0.4, 0.5) is 4.39 Å². The van der Waals surface area contributed by atoms with E-state index in [0.717, 1.165) is 47.0 Å². The summed E-state index contributed by atoms with van der Waals surface area (Å²) in [6, 6.07) is 12.4. The van der Waals surface area contributed by atoms with Gasteiger partial charge in [0, 0.05) is 30.6 Å². The quantitative estimate of drug-likeness (QED) is 0.544. The molecule has 1 aliphatic heterocycles. The predicted octanol–water partition coefficient (Wildman–Crippen LogP) is 4.34. The van der Waals surface area contributed by atoms with Crippen molar-refractivity contribution >= 4 is 28.2 Å². The standard InChI is InChI=1S/C25H28FN3O2S/c1-16-5-6-17(2)23-22(16)12-19(24(30)28-23)15-29(14-18-7-9-20(26)10-8-18)25(32)27-13-21-4-3-11-31-21/h5-10,12,21H,3-4,11,13-15H2,1-2H3,(H,27,32)(H,28,30)/t21-/m1/s1. The second-order valence-corrected chi connectivity index (χ2v) is 8.80. The molecule has 32 heavy (non-hydrogen) atoms. The van der Waals surface area contributed by atoms with Crippen LogP contribution in [0.5, 0.6) is 0 Å². The molecular formula is C25H28FN3O2S. The van der Waals surface area contributed by atoms with Gasteiger partial charge in [-0.1, -0.05) is 24.3 Å². The molecule has 1 aromatic heterocycles. The van der Waals surface area contributed by atoms with E-state index in [1.54, 1.807) is 12.1 Å². The topological polar surface area (TPSA) is 57.4 Å². The minimum Gasteiger partial charge on any atom is -0.376 e. The van der Waals surface area contributed by atoms with Gasteiger partial charge in [-0.15, -0.1) is 0 Å². The molecule has 5 nitrogen and oxygen atoms in total. The van der Waals surface area contributed by atoms with Crippen LogP contribution in [0.1, 0.15) is 35.1 Å². The summed E-state index contributed by atoms with van der Waals surface area (Å²) >= 11 is 5.69.